The Morgan fingerprint density at radius 1 is 0.933 bits per heavy atom. The van der Waals surface area contributed by atoms with Crippen molar-refractivity contribution in [1.82, 2.24) is 5.01 Å². The molecule has 0 aliphatic carbocycles. The molecule has 4 heteroatoms. The standard InChI is InChI=1S/C11H20N2S2/c14-11(15)13(9-5-2-6-10-13)12-7-3-1-4-8-12/h1-10H2/p+1. The third kappa shape index (κ3) is 2.38. The molecule has 2 heterocycles. The summed E-state index contributed by atoms with van der Waals surface area (Å²) in [6.45, 7) is 4.78. The van der Waals surface area contributed by atoms with Crippen molar-refractivity contribution < 1.29 is 4.59 Å². The minimum Gasteiger partial charge on any atom is -0.197 e. The average Bonchev–Trinajstić information content (AvgIpc) is 2.31. The van der Waals surface area contributed by atoms with Gasteiger partial charge >= 0.3 is 0 Å². The molecular weight excluding hydrogens is 224 g/mol. The van der Waals surface area contributed by atoms with Gasteiger partial charge in [0, 0.05) is 13.1 Å². The van der Waals surface area contributed by atoms with Gasteiger partial charge in [-0.2, -0.15) is 4.59 Å². The van der Waals surface area contributed by atoms with Gasteiger partial charge in [-0.3, -0.25) is 0 Å². The topological polar surface area (TPSA) is 3.24 Å². The van der Waals surface area contributed by atoms with Crippen molar-refractivity contribution in [1.29, 1.82) is 0 Å². The molecule has 0 saturated carbocycles. The first-order valence-corrected chi connectivity index (χ1v) is 6.97. The molecule has 0 aromatic rings. The summed E-state index contributed by atoms with van der Waals surface area (Å²) in [5.41, 5.74) is 0. The van der Waals surface area contributed by atoms with Crippen molar-refractivity contribution >= 4 is 29.2 Å². The normalized spacial score (nSPS) is 27.5. The summed E-state index contributed by atoms with van der Waals surface area (Å²) in [7, 11) is 0. The molecule has 0 aromatic heterocycles. The van der Waals surface area contributed by atoms with Gasteiger partial charge in [0.2, 0.25) is 4.32 Å². The van der Waals surface area contributed by atoms with E-state index in [1.54, 1.807) is 0 Å². The van der Waals surface area contributed by atoms with Gasteiger partial charge in [-0.25, -0.2) is 0 Å². The molecule has 0 aromatic carbocycles. The Bertz CT molecular complexity index is 231. The number of hydrogen-bond acceptors (Lipinski definition) is 2. The summed E-state index contributed by atoms with van der Waals surface area (Å²) in [4.78, 5) is 0. The van der Waals surface area contributed by atoms with Crippen LogP contribution in [0.5, 0.6) is 0 Å². The molecule has 0 spiro atoms. The van der Waals surface area contributed by atoms with Crippen LogP contribution in [0.3, 0.4) is 0 Å². The Morgan fingerprint density at radius 3 is 2.00 bits per heavy atom. The van der Waals surface area contributed by atoms with Crippen LogP contribution < -0.4 is 0 Å². The van der Waals surface area contributed by atoms with Crippen LogP contribution in [0.15, 0.2) is 0 Å². The van der Waals surface area contributed by atoms with Gasteiger partial charge in [0.15, 0.2) is 0 Å². The van der Waals surface area contributed by atoms with E-state index in [1.165, 1.54) is 64.7 Å². The molecule has 0 unspecified atom stereocenters. The van der Waals surface area contributed by atoms with E-state index >= 15 is 0 Å². The molecule has 0 radical (unpaired) electrons. The third-order valence-corrected chi connectivity index (χ3v) is 4.50. The molecule has 86 valence electrons. The fraction of sp³-hybridized carbons (Fsp3) is 0.909. The molecule has 0 atom stereocenters. The number of hydrogen-bond donors (Lipinski definition) is 1. The minimum atomic E-state index is 0.886. The highest BCUT2D eigenvalue weighted by Crippen LogP contribution is 2.27. The summed E-state index contributed by atoms with van der Waals surface area (Å²) in [5, 5.41) is 2.57. The molecule has 2 fully saturated rings. The maximum atomic E-state index is 5.40. The summed E-state index contributed by atoms with van der Waals surface area (Å²) < 4.78 is 1.79. The molecular formula is C11H21N2S2+. The number of likely N-dealkylation sites (tertiary alicyclic amines) is 1. The van der Waals surface area contributed by atoms with E-state index < -0.39 is 0 Å². The molecule has 2 rings (SSSR count). The summed E-state index contributed by atoms with van der Waals surface area (Å²) in [5.74, 6) is 0. The minimum absolute atomic E-state index is 0.886. The highest BCUT2D eigenvalue weighted by molar-refractivity contribution is 8.10. The number of nitrogens with zero attached hydrogens (tertiary/aromatic N) is 2. The van der Waals surface area contributed by atoms with E-state index in [0.29, 0.717) is 0 Å². The van der Waals surface area contributed by atoms with Gasteiger partial charge in [-0.05, 0) is 44.3 Å². The highest BCUT2D eigenvalue weighted by Gasteiger charge is 2.40. The number of rotatable bonds is 1. The molecule has 0 N–H and O–H groups in total. The fourth-order valence-corrected chi connectivity index (χ4v) is 3.52. The summed E-state index contributed by atoms with van der Waals surface area (Å²) >= 11 is 9.90. The van der Waals surface area contributed by atoms with Gasteiger partial charge in [0.1, 0.15) is 13.1 Å². The highest BCUT2D eigenvalue weighted by atomic mass is 32.1. The second kappa shape index (κ2) is 5.13. The smallest absolute Gasteiger partial charge is 0.197 e. The van der Waals surface area contributed by atoms with Gasteiger partial charge < -0.3 is 0 Å². The Labute approximate surface area is 104 Å². The van der Waals surface area contributed by atoms with Crippen molar-refractivity contribution in [3.63, 3.8) is 0 Å². The second-order valence-electron chi connectivity index (χ2n) is 4.73. The lowest BCUT2D eigenvalue weighted by Crippen LogP contribution is -2.65. The van der Waals surface area contributed by atoms with Crippen LogP contribution in [0.25, 0.3) is 0 Å². The molecule has 2 saturated heterocycles. The monoisotopic (exact) mass is 245 g/mol. The van der Waals surface area contributed by atoms with E-state index in [2.05, 4.69) is 17.6 Å². The van der Waals surface area contributed by atoms with Crippen LogP contribution in [0.4, 0.5) is 0 Å². The number of thiol groups is 1. The maximum Gasteiger partial charge on any atom is 0.250 e. The zero-order chi connectivity index (χ0) is 10.7. The summed E-state index contributed by atoms with van der Waals surface area (Å²) in [6, 6.07) is 0. The maximum absolute atomic E-state index is 5.40. The van der Waals surface area contributed by atoms with E-state index in [9.17, 15) is 0 Å². The van der Waals surface area contributed by atoms with E-state index in [-0.39, 0.29) is 0 Å². The first-order chi connectivity index (χ1) is 7.26. The van der Waals surface area contributed by atoms with Crippen molar-refractivity contribution in [2.45, 2.75) is 38.5 Å². The molecule has 2 aliphatic heterocycles. The molecule has 0 bridgehead atoms. The van der Waals surface area contributed by atoms with Gasteiger partial charge in [-0.15, -0.1) is 5.01 Å². The Morgan fingerprint density at radius 2 is 1.47 bits per heavy atom. The van der Waals surface area contributed by atoms with E-state index in [0.717, 1.165) is 8.91 Å². The van der Waals surface area contributed by atoms with Crippen LogP contribution in [0, 0.1) is 0 Å². The SMILES string of the molecule is S=C(S)[N+]1(N2CCCCC2)CCCCC1. The van der Waals surface area contributed by atoms with Crippen molar-refractivity contribution in [3.05, 3.63) is 0 Å². The molecule has 15 heavy (non-hydrogen) atoms. The number of quaternary nitrogens is 1. The Hall–Kier alpha value is 0.360. The first-order valence-electron chi connectivity index (χ1n) is 6.12. The lowest BCUT2D eigenvalue weighted by atomic mass is 10.1. The van der Waals surface area contributed by atoms with Crippen LogP contribution in [0.2, 0.25) is 0 Å². The quantitative estimate of drug-likeness (QED) is 0.430. The van der Waals surface area contributed by atoms with Crippen LogP contribution in [0.1, 0.15) is 38.5 Å². The second-order valence-corrected chi connectivity index (χ2v) is 5.84. The van der Waals surface area contributed by atoms with E-state index in [1.807, 2.05) is 0 Å². The van der Waals surface area contributed by atoms with Gasteiger partial charge in [-0.1, -0.05) is 19.0 Å². The molecule has 2 nitrogen and oxygen atoms in total. The first kappa shape index (κ1) is 11.8. The Balaban J connectivity index is 2.12. The fourth-order valence-electron chi connectivity index (χ4n) is 2.89. The summed E-state index contributed by atoms with van der Waals surface area (Å²) in [6.07, 6.45) is 8.02. The average molecular weight is 245 g/mol. The van der Waals surface area contributed by atoms with Crippen LogP contribution in [-0.4, -0.2) is 40.1 Å². The zero-order valence-electron chi connectivity index (χ0n) is 9.32. The largest absolute Gasteiger partial charge is 0.250 e. The van der Waals surface area contributed by atoms with Crippen molar-refractivity contribution in [2.75, 3.05) is 26.2 Å². The Kier molecular flexibility index (Phi) is 4.04. The molecule has 0 amide bonds. The lowest BCUT2D eigenvalue weighted by molar-refractivity contribution is -0.959. The van der Waals surface area contributed by atoms with Crippen molar-refractivity contribution in [3.8, 4) is 0 Å². The van der Waals surface area contributed by atoms with E-state index in [4.69, 9.17) is 12.2 Å². The third-order valence-electron chi connectivity index (χ3n) is 3.79. The van der Waals surface area contributed by atoms with Crippen LogP contribution in [-0.2, 0) is 0 Å². The van der Waals surface area contributed by atoms with Crippen molar-refractivity contribution in [2.24, 2.45) is 0 Å². The van der Waals surface area contributed by atoms with Crippen LogP contribution >= 0.6 is 24.8 Å². The predicted molar refractivity (Wildman–Crippen MR) is 70.9 cm³/mol. The molecule has 2 aliphatic rings. The number of thiocarbonyl (C=S) groups is 1. The van der Waals surface area contributed by atoms with Gasteiger partial charge in [0.25, 0.3) is 0 Å². The lowest BCUT2D eigenvalue weighted by Gasteiger charge is -2.47. The number of piperidine rings is 2. The van der Waals surface area contributed by atoms with Gasteiger partial charge in [0.05, 0.1) is 0 Å². The predicted octanol–water partition coefficient (Wildman–Crippen LogP) is 2.60. The zero-order valence-corrected chi connectivity index (χ0v) is 11.0.